The van der Waals surface area contributed by atoms with Crippen LogP contribution in [0.15, 0.2) is 36.5 Å². The average Bonchev–Trinajstić information content (AvgIpc) is 2.38. The summed E-state index contributed by atoms with van der Waals surface area (Å²) in [5.41, 5.74) is 11.3. The lowest BCUT2D eigenvalue weighted by Gasteiger charge is -2.16. The van der Waals surface area contributed by atoms with Gasteiger partial charge in [-0.3, -0.25) is 4.98 Å². The molecule has 1 heterocycles. The zero-order chi connectivity index (χ0) is 14.0. The molecule has 0 fully saturated rings. The molecule has 1 aromatic carbocycles. The van der Waals surface area contributed by atoms with Crippen LogP contribution in [0.25, 0.3) is 11.3 Å². The molecule has 2 rings (SSSR count). The number of anilines is 1. The SMILES string of the molecule is CC(C)c1ccc(-c2ccc(N)cn2)c(C(C)C)c1. The zero-order valence-corrected chi connectivity index (χ0v) is 12.1. The summed E-state index contributed by atoms with van der Waals surface area (Å²) in [6.45, 7) is 8.89. The van der Waals surface area contributed by atoms with Crippen LogP contribution in [0.3, 0.4) is 0 Å². The van der Waals surface area contributed by atoms with Crippen molar-refractivity contribution in [2.75, 3.05) is 5.73 Å². The molecule has 0 radical (unpaired) electrons. The fourth-order valence-electron chi connectivity index (χ4n) is 2.22. The van der Waals surface area contributed by atoms with Gasteiger partial charge in [-0.15, -0.1) is 0 Å². The summed E-state index contributed by atoms with van der Waals surface area (Å²) < 4.78 is 0. The van der Waals surface area contributed by atoms with E-state index in [4.69, 9.17) is 5.73 Å². The molecule has 0 spiro atoms. The van der Waals surface area contributed by atoms with E-state index in [-0.39, 0.29) is 0 Å². The Labute approximate surface area is 115 Å². The highest BCUT2D eigenvalue weighted by Gasteiger charge is 2.11. The molecule has 0 aliphatic carbocycles. The molecule has 0 aliphatic heterocycles. The molecule has 100 valence electrons. The van der Waals surface area contributed by atoms with Crippen LogP contribution >= 0.6 is 0 Å². The van der Waals surface area contributed by atoms with Gasteiger partial charge in [0.05, 0.1) is 17.6 Å². The number of aromatic nitrogens is 1. The number of rotatable bonds is 3. The second-order valence-corrected chi connectivity index (χ2v) is 5.63. The summed E-state index contributed by atoms with van der Waals surface area (Å²) >= 11 is 0. The quantitative estimate of drug-likeness (QED) is 0.870. The minimum Gasteiger partial charge on any atom is -0.397 e. The summed E-state index contributed by atoms with van der Waals surface area (Å²) in [6, 6.07) is 10.6. The van der Waals surface area contributed by atoms with Crippen molar-refractivity contribution in [3.63, 3.8) is 0 Å². The van der Waals surface area contributed by atoms with Gasteiger partial charge in [-0.2, -0.15) is 0 Å². The predicted molar refractivity (Wildman–Crippen MR) is 82.3 cm³/mol. The smallest absolute Gasteiger partial charge is 0.0706 e. The van der Waals surface area contributed by atoms with Crippen LogP contribution in [0.4, 0.5) is 5.69 Å². The van der Waals surface area contributed by atoms with E-state index in [1.807, 2.05) is 12.1 Å². The van der Waals surface area contributed by atoms with E-state index in [0.29, 0.717) is 17.5 Å². The molecule has 1 aromatic heterocycles. The third-order valence-electron chi connectivity index (χ3n) is 3.43. The van der Waals surface area contributed by atoms with Gasteiger partial charge in [0.25, 0.3) is 0 Å². The highest BCUT2D eigenvalue weighted by Crippen LogP contribution is 2.31. The first-order valence-electron chi connectivity index (χ1n) is 6.84. The maximum atomic E-state index is 5.70. The molecular formula is C17H22N2. The van der Waals surface area contributed by atoms with Crippen molar-refractivity contribution < 1.29 is 0 Å². The normalized spacial score (nSPS) is 11.3. The molecule has 0 atom stereocenters. The lowest BCUT2D eigenvalue weighted by Crippen LogP contribution is -1.98. The Morgan fingerprint density at radius 2 is 1.68 bits per heavy atom. The van der Waals surface area contributed by atoms with Crippen LogP contribution in [-0.4, -0.2) is 4.98 Å². The van der Waals surface area contributed by atoms with Gasteiger partial charge in [-0.1, -0.05) is 45.9 Å². The molecule has 0 bridgehead atoms. The summed E-state index contributed by atoms with van der Waals surface area (Å²) in [6.07, 6.45) is 1.72. The van der Waals surface area contributed by atoms with E-state index < -0.39 is 0 Å². The van der Waals surface area contributed by atoms with Crippen molar-refractivity contribution in [2.45, 2.75) is 39.5 Å². The Bertz CT molecular complexity index is 554. The largest absolute Gasteiger partial charge is 0.397 e. The summed E-state index contributed by atoms with van der Waals surface area (Å²) in [5, 5.41) is 0. The Balaban J connectivity index is 2.53. The number of hydrogen-bond donors (Lipinski definition) is 1. The average molecular weight is 254 g/mol. The van der Waals surface area contributed by atoms with Crippen LogP contribution in [0, 0.1) is 0 Å². The maximum absolute atomic E-state index is 5.70. The monoisotopic (exact) mass is 254 g/mol. The van der Waals surface area contributed by atoms with Gasteiger partial charge in [-0.05, 0) is 35.1 Å². The number of benzene rings is 1. The van der Waals surface area contributed by atoms with Gasteiger partial charge in [0.1, 0.15) is 0 Å². The molecule has 2 aromatic rings. The second-order valence-electron chi connectivity index (χ2n) is 5.63. The highest BCUT2D eigenvalue weighted by atomic mass is 14.7. The number of hydrogen-bond acceptors (Lipinski definition) is 2. The minimum absolute atomic E-state index is 0.480. The molecule has 0 amide bonds. The number of nitrogens with two attached hydrogens (primary N) is 1. The molecule has 2 heteroatoms. The van der Waals surface area contributed by atoms with E-state index >= 15 is 0 Å². The van der Waals surface area contributed by atoms with Gasteiger partial charge in [0, 0.05) is 5.56 Å². The summed E-state index contributed by atoms with van der Waals surface area (Å²) in [5.74, 6) is 1.03. The van der Waals surface area contributed by atoms with Crippen molar-refractivity contribution in [2.24, 2.45) is 0 Å². The summed E-state index contributed by atoms with van der Waals surface area (Å²) in [4.78, 5) is 4.44. The predicted octanol–water partition coefficient (Wildman–Crippen LogP) is 4.58. The molecule has 0 aliphatic rings. The lowest BCUT2D eigenvalue weighted by molar-refractivity contribution is 0.835. The zero-order valence-electron chi connectivity index (χ0n) is 12.1. The molecule has 2 nitrogen and oxygen atoms in total. The van der Waals surface area contributed by atoms with Gasteiger partial charge >= 0.3 is 0 Å². The lowest BCUT2D eigenvalue weighted by atomic mass is 9.90. The summed E-state index contributed by atoms with van der Waals surface area (Å²) in [7, 11) is 0. The van der Waals surface area contributed by atoms with Gasteiger partial charge in [-0.25, -0.2) is 0 Å². The standard InChI is InChI=1S/C17H22N2/c1-11(2)13-5-7-15(16(9-13)12(3)4)17-8-6-14(18)10-19-17/h5-12H,18H2,1-4H3. The van der Waals surface area contributed by atoms with Crippen molar-refractivity contribution in [1.82, 2.24) is 4.98 Å². The van der Waals surface area contributed by atoms with E-state index in [0.717, 1.165) is 5.69 Å². The fourth-order valence-corrected chi connectivity index (χ4v) is 2.22. The molecule has 0 saturated carbocycles. The van der Waals surface area contributed by atoms with E-state index in [1.165, 1.54) is 16.7 Å². The Morgan fingerprint density at radius 3 is 2.21 bits per heavy atom. The topological polar surface area (TPSA) is 38.9 Å². The maximum Gasteiger partial charge on any atom is 0.0706 e. The van der Waals surface area contributed by atoms with Gasteiger partial charge in [0.2, 0.25) is 0 Å². The van der Waals surface area contributed by atoms with Crippen LogP contribution in [0.5, 0.6) is 0 Å². The third-order valence-corrected chi connectivity index (χ3v) is 3.43. The van der Waals surface area contributed by atoms with Crippen molar-refractivity contribution in [3.05, 3.63) is 47.7 Å². The fraction of sp³-hybridized carbons (Fsp3) is 0.353. The van der Waals surface area contributed by atoms with Crippen LogP contribution in [0.2, 0.25) is 0 Å². The van der Waals surface area contributed by atoms with Crippen molar-refractivity contribution >= 4 is 5.69 Å². The Morgan fingerprint density at radius 1 is 0.947 bits per heavy atom. The molecule has 2 N–H and O–H groups in total. The molecule has 19 heavy (non-hydrogen) atoms. The van der Waals surface area contributed by atoms with E-state index in [1.54, 1.807) is 6.20 Å². The molecule has 0 saturated heterocycles. The van der Waals surface area contributed by atoms with Gasteiger partial charge in [0.15, 0.2) is 0 Å². The van der Waals surface area contributed by atoms with Crippen LogP contribution in [0.1, 0.15) is 50.7 Å². The molecular weight excluding hydrogens is 232 g/mol. The first-order chi connectivity index (χ1) is 8.99. The first kappa shape index (κ1) is 13.6. The van der Waals surface area contributed by atoms with Crippen molar-refractivity contribution in [3.8, 4) is 11.3 Å². The number of nitrogen functional groups attached to an aromatic ring is 1. The Kier molecular flexibility index (Phi) is 3.89. The van der Waals surface area contributed by atoms with Crippen molar-refractivity contribution in [1.29, 1.82) is 0 Å². The Hall–Kier alpha value is -1.83. The third kappa shape index (κ3) is 2.95. The van der Waals surface area contributed by atoms with E-state index in [9.17, 15) is 0 Å². The number of nitrogens with zero attached hydrogens (tertiary/aromatic N) is 1. The van der Waals surface area contributed by atoms with Crippen LogP contribution in [-0.2, 0) is 0 Å². The minimum atomic E-state index is 0.480. The number of pyridine rings is 1. The van der Waals surface area contributed by atoms with Crippen LogP contribution < -0.4 is 5.73 Å². The van der Waals surface area contributed by atoms with E-state index in [2.05, 4.69) is 50.9 Å². The molecule has 0 unspecified atom stereocenters. The van der Waals surface area contributed by atoms with Gasteiger partial charge < -0.3 is 5.73 Å². The second kappa shape index (κ2) is 5.43. The highest BCUT2D eigenvalue weighted by molar-refractivity contribution is 5.66. The first-order valence-corrected chi connectivity index (χ1v) is 6.84.